The molecule has 7 nitrogen and oxygen atoms in total. The quantitative estimate of drug-likeness (QED) is 0.307. The maximum atomic E-state index is 15.4. The van der Waals surface area contributed by atoms with Crippen LogP contribution >= 0.6 is 0 Å². The third kappa shape index (κ3) is 4.05. The largest absolute Gasteiger partial charge is 0.434 e. The average molecular weight is 544 g/mol. The number of ketones is 1. The average Bonchev–Trinajstić information content (AvgIpc) is 3.33. The number of aliphatic hydroxyl groups is 1. The van der Waals surface area contributed by atoms with Crippen molar-refractivity contribution in [2.45, 2.75) is 57.3 Å². The molecule has 2 aromatic carbocycles. The summed E-state index contributed by atoms with van der Waals surface area (Å²) < 4.78 is 76.5. The number of Topliss-reactive ketones (excluding diaryl/α,β-unsaturated/α-hetero) is 1. The fourth-order valence-electron chi connectivity index (χ4n) is 5.59. The van der Waals surface area contributed by atoms with Crippen molar-refractivity contribution in [3.8, 4) is 16.9 Å². The van der Waals surface area contributed by atoms with Gasteiger partial charge in [0.25, 0.3) is 6.43 Å². The van der Waals surface area contributed by atoms with Gasteiger partial charge in [-0.3, -0.25) is 4.79 Å². The molecule has 0 saturated carbocycles. The van der Waals surface area contributed by atoms with E-state index >= 15 is 4.39 Å². The Bertz CT molecular complexity index is 1650. The van der Waals surface area contributed by atoms with Crippen molar-refractivity contribution in [2.75, 3.05) is 0 Å². The number of carbonyl (C=O) groups excluding carboxylic acids is 1. The summed E-state index contributed by atoms with van der Waals surface area (Å²) in [6, 6.07) is 6.20. The van der Waals surface area contributed by atoms with Gasteiger partial charge in [0.15, 0.2) is 11.6 Å². The van der Waals surface area contributed by atoms with Gasteiger partial charge in [-0.1, -0.05) is 12.1 Å². The number of ether oxygens (including phenoxy) is 1. The van der Waals surface area contributed by atoms with E-state index in [9.17, 15) is 27.5 Å². The molecular weight excluding hydrogens is 523 g/mol. The van der Waals surface area contributed by atoms with Gasteiger partial charge in [-0.2, -0.15) is 8.78 Å². The standard InChI is InChI=1S/C27H21F5N4O3/c1-27(2,38)25-33-10-14(22(35-25)23(29)30)13-8-17-16(9-15(13)28)34-24-11-6-18(36(17)24)21-12(19(37)7-11)4-3-5-20(21)39-26(31)32/h3-5,8-11,18,23,26,38H,6-7H2,1-2H3/t11-,18+/m0/s1. The number of fused-ring (bicyclic) bond motifs is 9. The summed E-state index contributed by atoms with van der Waals surface area (Å²) in [6.45, 7) is -0.435. The molecule has 0 unspecified atom stereocenters. The predicted octanol–water partition coefficient (Wildman–Crippen LogP) is 6.06. The summed E-state index contributed by atoms with van der Waals surface area (Å²) in [7, 11) is 0. The zero-order valence-corrected chi connectivity index (χ0v) is 20.6. The van der Waals surface area contributed by atoms with Gasteiger partial charge in [0.05, 0.1) is 17.1 Å². The Kier molecular flexibility index (Phi) is 5.72. The second-order valence-electron chi connectivity index (χ2n) is 10.2. The van der Waals surface area contributed by atoms with Crippen LogP contribution in [0.4, 0.5) is 22.0 Å². The smallest absolute Gasteiger partial charge is 0.387 e. The van der Waals surface area contributed by atoms with E-state index in [2.05, 4.69) is 15.0 Å². The zero-order chi connectivity index (χ0) is 27.8. The normalized spacial score (nSPS) is 18.6. The van der Waals surface area contributed by atoms with E-state index in [1.165, 1.54) is 32.0 Å². The molecule has 0 amide bonds. The van der Waals surface area contributed by atoms with Gasteiger partial charge in [-0.15, -0.1) is 0 Å². The van der Waals surface area contributed by atoms with Crippen molar-refractivity contribution in [3.63, 3.8) is 0 Å². The Labute approximate surface area is 218 Å². The molecule has 1 aliphatic heterocycles. The number of imidazole rings is 1. The number of halogens is 5. The van der Waals surface area contributed by atoms with E-state index in [-0.39, 0.29) is 57.5 Å². The van der Waals surface area contributed by atoms with E-state index in [1.54, 1.807) is 10.6 Å². The van der Waals surface area contributed by atoms with Crippen molar-refractivity contribution in [1.29, 1.82) is 0 Å². The minimum Gasteiger partial charge on any atom is -0.434 e. The topological polar surface area (TPSA) is 90.1 Å². The number of hydrogen-bond donors (Lipinski definition) is 1. The second-order valence-corrected chi connectivity index (χ2v) is 10.2. The van der Waals surface area contributed by atoms with Crippen molar-refractivity contribution in [3.05, 3.63) is 70.8 Å². The molecule has 2 atom stereocenters. The van der Waals surface area contributed by atoms with Crippen LogP contribution in [0.2, 0.25) is 0 Å². The summed E-state index contributed by atoms with van der Waals surface area (Å²) in [5.41, 5.74) is -1.70. The van der Waals surface area contributed by atoms with Crippen LogP contribution in [-0.4, -0.2) is 37.0 Å². The van der Waals surface area contributed by atoms with Crippen LogP contribution < -0.4 is 4.74 Å². The Morgan fingerprint density at radius 3 is 2.56 bits per heavy atom. The van der Waals surface area contributed by atoms with Crippen LogP contribution in [0.1, 0.15) is 78.3 Å². The fourth-order valence-corrected chi connectivity index (χ4v) is 5.59. The van der Waals surface area contributed by atoms with Crippen molar-refractivity contribution < 1.29 is 36.6 Å². The van der Waals surface area contributed by atoms with Gasteiger partial charge in [0.2, 0.25) is 0 Å². The summed E-state index contributed by atoms with van der Waals surface area (Å²) in [5.74, 6) is -1.37. The van der Waals surface area contributed by atoms with E-state index < -0.39 is 36.2 Å². The van der Waals surface area contributed by atoms with Crippen LogP contribution in [0.15, 0.2) is 36.5 Å². The molecule has 2 aliphatic rings. The molecule has 1 aliphatic carbocycles. The third-order valence-electron chi connectivity index (χ3n) is 7.20. The highest BCUT2D eigenvalue weighted by atomic mass is 19.3. The van der Waals surface area contributed by atoms with E-state index in [0.717, 1.165) is 12.3 Å². The van der Waals surface area contributed by atoms with Gasteiger partial charge in [0.1, 0.15) is 28.7 Å². The Hall–Kier alpha value is -3.93. The molecule has 1 N–H and O–H groups in total. The first-order valence-electron chi connectivity index (χ1n) is 12.1. The highest BCUT2D eigenvalue weighted by Gasteiger charge is 2.42. The fraction of sp³-hybridized carbons (Fsp3) is 0.333. The maximum absolute atomic E-state index is 15.4. The first-order valence-corrected chi connectivity index (χ1v) is 12.1. The number of nitrogens with zero attached hydrogens (tertiary/aromatic N) is 4. The first-order chi connectivity index (χ1) is 18.4. The van der Waals surface area contributed by atoms with Crippen molar-refractivity contribution in [1.82, 2.24) is 19.5 Å². The molecule has 0 fully saturated rings. The maximum Gasteiger partial charge on any atom is 0.387 e. The number of carbonyl (C=O) groups is 1. The predicted molar refractivity (Wildman–Crippen MR) is 128 cm³/mol. The third-order valence-corrected chi connectivity index (χ3v) is 7.20. The number of benzene rings is 2. The lowest BCUT2D eigenvalue weighted by atomic mass is 9.97. The minimum absolute atomic E-state index is 0.0715. The highest BCUT2D eigenvalue weighted by molar-refractivity contribution is 6.00. The lowest BCUT2D eigenvalue weighted by Gasteiger charge is -2.21. The molecule has 4 aromatic rings. The monoisotopic (exact) mass is 544 g/mol. The van der Waals surface area contributed by atoms with Crippen LogP contribution in [0.5, 0.6) is 5.75 Å². The number of alkyl halides is 4. The Balaban J connectivity index is 1.57. The SMILES string of the molecule is CC(C)(O)c1ncc(-c2cc3c(cc2F)nc2n3[C@@H]3C[C@H]2CC(=O)c2cccc(OC(F)F)c23)c(C(F)F)n1. The Morgan fingerprint density at radius 2 is 1.87 bits per heavy atom. The van der Waals surface area contributed by atoms with Crippen LogP contribution in [0.25, 0.3) is 22.2 Å². The summed E-state index contributed by atoms with van der Waals surface area (Å²) in [6.07, 6.45) is -1.61. The Morgan fingerprint density at radius 1 is 1.10 bits per heavy atom. The first kappa shape index (κ1) is 25.4. The lowest BCUT2D eigenvalue weighted by Crippen LogP contribution is -2.21. The van der Waals surface area contributed by atoms with Crippen molar-refractivity contribution >= 4 is 16.8 Å². The molecule has 12 heteroatoms. The van der Waals surface area contributed by atoms with Crippen LogP contribution in [0.3, 0.4) is 0 Å². The number of hydrogen-bond acceptors (Lipinski definition) is 6. The van der Waals surface area contributed by atoms with Gasteiger partial charge in [-0.05, 0) is 32.4 Å². The molecule has 0 saturated heterocycles. The van der Waals surface area contributed by atoms with E-state index in [0.29, 0.717) is 17.8 Å². The molecule has 202 valence electrons. The molecule has 6 rings (SSSR count). The highest BCUT2D eigenvalue weighted by Crippen LogP contribution is 2.51. The zero-order valence-electron chi connectivity index (χ0n) is 20.6. The molecule has 2 bridgehead atoms. The van der Waals surface area contributed by atoms with Gasteiger partial charge in [-0.25, -0.2) is 28.1 Å². The molecule has 2 aromatic heterocycles. The summed E-state index contributed by atoms with van der Waals surface area (Å²) in [4.78, 5) is 25.4. The van der Waals surface area contributed by atoms with Gasteiger partial charge in [0, 0.05) is 46.9 Å². The molecular formula is C27H21F5N4O3. The van der Waals surface area contributed by atoms with Crippen LogP contribution in [0, 0.1) is 5.82 Å². The van der Waals surface area contributed by atoms with Crippen molar-refractivity contribution in [2.24, 2.45) is 0 Å². The molecule has 3 heterocycles. The van der Waals surface area contributed by atoms with Crippen LogP contribution in [-0.2, 0) is 5.60 Å². The van der Waals surface area contributed by atoms with Gasteiger partial charge < -0.3 is 14.4 Å². The summed E-state index contributed by atoms with van der Waals surface area (Å²) in [5, 5.41) is 10.2. The van der Waals surface area contributed by atoms with E-state index in [4.69, 9.17) is 4.74 Å². The molecule has 0 radical (unpaired) electrons. The lowest BCUT2D eigenvalue weighted by molar-refractivity contribution is -0.0507. The second kappa shape index (κ2) is 8.80. The minimum atomic E-state index is -3.12. The molecule has 39 heavy (non-hydrogen) atoms. The van der Waals surface area contributed by atoms with Gasteiger partial charge >= 0.3 is 6.61 Å². The number of aromatic nitrogens is 4. The molecule has 0 spiro atoms. The summed E-state index contributed by atoms with van der Waals surface area (Å²) >= 11 is 0. The number of rotatable bonds is 5. The van der Waals surface area contributed by atoms with E-state index in [1.807, 2.05) is 0 Å².